The SMILES string of the molecule is C=CCO[C@@]12Oc3ccc(OC(=O)NCC)cc3[C@H]3[C@H](CCCCO)[C@@H](CCCCO)C=C(C(=NOCC)C[C@@H]1N(C)C(=O)Oc1ccc([N+](=O)[O-])cc1)[C@H]32. The van der Waals surface area contributed by atoms with E-state index in [1.807, 2.05) is 13.0 Å². The Hall–Kier alpha value is -4.99. The van der Waals surface area contributed by atoms with Gasteiger partial charge in [-0.2, -0.15) is 0 Å². The predicted molar refractivity (Wildman–Crippen MR) is 203 cm³/mol. The summed E-state index contributed by atoms with van der Waals surface area (Å²) in [5, 5.41) is 38.0. The highest BCUT2D eigenvalue weighted by Gasteiger charge is 2.65. The first-order valence-corrected chi connectivity index (χ1v) is 19.0. The Labute approximate surface area is 321 Å². The first-order chi connectivity index (χ1) is 26.6. The topological polar surface area (TPSA) is 192 Å². The summed E-state index contributed by atoms with van der Waals surface area (Å²) >= 11 is 0. The fourth-order valence-corrected chi connectivity index (χ4v) is 8.16. The molecule has 15 nitrogen and oxygen atoms in total. The number of non-ortho nitro benzene ring substituents is 1. The van der Waals surface area contributed by atoms with Crippen LogP contribution in [0.5, 0.6) is 17.2 Å². The summed E-state index contributed by atoms with van der Waals surface area (Å²) in [5.41, 5.74) is 2.11. The molecule has 6 atom stereocenters. The maximum absolute atomic E-state index is 14.0. The van der Waals surface area contributed by atoms with Crippen molar-refractivity contribution in [3.63, 3.8) is 0 Å². The van der Waals surface area contributed by atoms with E-state index in [9.17, 15) is 29.9 Å². The highest BCUT2D eigenvalue weighted by Crippen LogP contribution is 2.61. The Bertz CT molecular complexity index is 1730. The van der Waals surface area contributed by atoms with Gasteiger partial charge in [0.15, 0.2) is 0 Å². The molecule has 0 bridgehead atoms. The van der Waals surface area contributed by atoms with Gasteiger partial charge in [-0.25, -0.2) is 9.59 Å². The van der Waals surface area contributed by atoms with E-state index in [4.69, 9.17) is 23.8 Å². The van der Waals surface area contributed by atoms with Gasteiger partial charge >= 0.3 is 12.2 Å². The van der Waals surface area contributed by atoms with Crippen molar-refractivity contribution in [1.29, 1.82) is 0 Å². The number of rotatable bonds is 18. The van der Waals surface area contributed by atoms with Crippen molar-refractivity contribution >= 4 is 23.6 Å². The summed E-state index contributed by atoms with van der Waals surface area (Å²) in [7, 11) is 1.58. The minimum Gasteiger partial charge on any atom is -0.459 e. The first-order valence-electron chi connectivity index (χ1n) is 19.0. The van der Waals surface area contributed by atoms with Crippen molar-refractivity contribution in [2.24, 2.45) is 22.9 Å². The minimum absolute atomic E-state index is 0.0192. The normalized spacial score (nSPS) is 24.3. The van der Waals surface area contributed by atoms with Crippen molar-refractivity contribution in [3.05, 3.63) is 82.4 Å². The molecule has 1 aliphatic heterocycles. The summed E-state index contributed by atoms with van der Waals surface area (Å²) < 4.78 is 25.3. The zero-order valence-electron chi connectivity index (χ0n) is 31.7. The molecule has 2 amide bonds. The van der Waals surface area contributed by atoms with E-state index >= 15 is 0 Å². The molecule has 0 saturated heterocycles. The molecule has 15 heteroatoms. The molecular weight excluding hydrogens is 712 g/mol. The molecular formula is C40H52N4O11. The number of ether oxygens (including phenoxy) is 4. The number of carbonyl (C=O) groups excluding carboxylic acids is 2. The number of nitrogens with zero attached hydrogens (tertiary/aromatic N) is 3. The zero-order valence-corrected chi connectivity index (χ0v) is 31.7. The molecule has 0 spiro atoms. The average Bonchev–Trinajstić information content (AvgIpc) is 3.17. The number of unbranched alkanes of at least 4 members (excludes halogenated alkanes) is 2. The van der Waals surface area contributed by atoms with Gasteiger partial charge in [0.1, 0.15) is 29.9 Å². The standard InChI is InChI=1S/C40H52N4O11/c1-5-22-51-40-35(43(4)39(48)54-28-16-14-27(15-17-28)44(49)50)25-33(42-52-7-3)31-23-26(12-8-10-20-45)30(13-9-11-21-46)36(37(31)40)32-24-29(18-19-34(32)55-40)53-38(47)41-6-2/h5,14-19,23-24,26,30,35-37,45-46H,1,6-13,20-22,25H2,2-4H3,(H,41,47)/t26-,30+,35-,36+,37+,40+/m0/s1. The van der Waals surface area contributed by atoms with Crippen LogP contribution >= 0.6 is 0 Å². The number of fused-ring (bicyclic) bond motifs is 2. The molecule has 3 aliphatic rings. The van der Waals surface area contributed by atoms with Crippen LogP contribution in [0.15, 0.2) is 71.9 Å². The number of hydrogen-bond donors (Lipinski definition) is 3. The first kappa shape index (κ1) is 41.2. The van der Waals surface area contributed by atoms with E-state index in [2.05, 4.69) is 23.1 Å². The van der Waals surface area contributed by atoms with E-state index in [0.717, 1.165) is 36.8 Å². The molecule has 5 rings (SSSR count). The van der Waals surface area contributed by atoms with Gasteiger partial charge < -0.3 is 44.2 Å². The van der Waals surface area contributed by atoms with Crippen LogP contribution in [0, 0.1) is 27.9 Å². The highest BCUT2D eigenvalue weighted by molar-refractivity contribution is 6.03. The monoisotopic (exact) mass is 764 g/mol. The molecule has 0 radical (unpaired) electrons. The summed E-state index contributed by atoms with van der Waals surface area (Å²) in [4.78, 5) is 44.4. The fraction of sp³-hybridized carbons (Fsp3) is 0.525. The second kappa shape index (κ2) is 19.0. The quantitative estimate of drug-likeness (QED) is 0.0651. The van der Waals surface area contributed by atoms with Crippen LogP contribution < -0.4 is 19.5 Å². The number of nitro benzene ring substituents is 1. The Morgan fingerprint density at radius 1 is 1.07 bits per heavy atom. The van der Waals surface area contributed by atoms with E-state index in [-0.39, 0.29) is 55.4 Å². The zero-order chi connectivity index (χ0) is 39.5. The molecule has 0 unspecified atom stereocenters. The van der Waals surface area contributed by atoms with Crippen molar-refractivity contribution in [1.82, 2.24) is 10.2 Å². The summed E-state index contributed by atoms with van der Waals surface area (Å²) in [6.45, 7) is 8.42. The van der Waals surface area contributed by atoms with Crippen LogP contribution in [0.2, 0.25) is 0 Å². The van der Waals surface area contributed by atoms with Crippen molar-refractivity contribution in [2.45, 2.75) is 76.5 Å². The molecule has 298 valence electrons. The molecule has 1 fully saturated rings. The number of aliphatic hydroxyl groups is 2. The molecule has 2 aromatic carbocycles. The highest BCUT2D eigenvalue weighted by atomic mass is 16.7. The molecule has 2 aromatic rings. The van der Waals surface area contributed by atoms with E-state index in [0.29, 0.717) is 43.2 Å². The third-order valence-electron chi connectivity index (χ3n) is 10.5. The van der Waals surface area contributed by atoms with Gasteiger partial charge in [-0.15, -0.1) is 6.58 Å². The van der Waals surface area contributed by atoms with Crippen LogP contribution in [-0.4, -0.2) is 89.8 Å². The van der Waals surface area contributed by atoms with Gasteiger partial charge in [0.25, 0.3) is 5.69 Å². The summed E-state index contributed by atoms with van der Waals surface area (Å²) in [6, 6.07) is 9.62. The van der Waals surface area contributed by atoms with Crippen molar-refractivity contribution in [3.8, 4) is 17.2 Å². The lowest BCUT2D eigenvalue weighted by Gasteiger charge is -2.59. The molecule has 2 aliphatic carbocycles. The van der Waals surface area contributed by atoms with E-state index < -0.39 is 34.9 Å². The Kier molecular flexibility index (Phi) is 14.3. The number of oxime groups is 1. The Balaban J connectivity index is 1.70. The molecule has 1 saturated carbocycles. The molecule has 55 heavy (non-hydrogen) atoms. The molecule has 1 heterocycles. The maximum Gasteiger partial charge on any atom is 0.415 e. The smallest absolute Gasteiger partial charge is 0.415 e. The average molecular weight is 765 g/mol. The number of aliphatic hydroxyl groups excluding tert-OH is 2. The second-order valence-electron chi connectivity index (χ2n) is 13.8. The summed E-state index contributed by atoms with van der Waals surface area (Å²) in [5.74, 6) is -1.48. The van der Waals surface area contributed by atoms with Gasteiger partial charge in [0, 0.05) is 56.8 Å². The van der Waals surface area contributed by atoms with Gasteiger partial charge in [0.05, 0.1) is 23.2 Å². The number of nitrogens with one attached hydrogen (secondary N) is 1. The van der Waals surface area contributed by atoms with Crippen molar-refractivity contribution in [2.75, 3.05) is 40.0 Å². The lowest BCUT2D eigenvalue weighted by Crippen LogP contribution is -2.69. The molecule has 0 aromatic heterocycles. The maximum atomic E-state index is 14.0. The molecule has 3 N–H and O–H groups in total. The third-order valence-corrected chi connectivity index (χ3v) is 10.5. The van der Waals surface area contributed by atoms with Gasteiger partial charge in [-0.3, -0.25) is 10.1 Å². The van der Waals surface area contributed by atoms with Crippen LogP contribution in [0.4, 0.5) is 15.3 Å². The Morgan fingerprint density at radius 3 is 2.44 bits per heavy atom. The number of hydrogen-bond acceptors (Lipinski definition) is 12. The van der Waals surface area contributed by atoms with Gasteiger partial charge in [0.2, 0.25) is 5.79 Å². The Morgan fingerprint density at radius 2 is 1.78 bits per heavy atom. The van der Waals surface area contributed by atoms with Crippen molar-refractivity contribution < 1.29 is 48.5 Å². The third kappa shape index (κ3) is 9.11. The number of likely N-dealkylation sites (N-methyl/N-ethyl adjacent to an activating group) is 1. The number of carbonyl (C=O) groups is 2. The lowest BCUT2D eigenvalue weighted by molar-refractivity contribution is -0.384. The van der Waals surface area contributed by atoms with Crippen LogP contribution in [-0.2, 0) is 9.57 Å². The van der Waals surface area contributed by atoms with Crippen LogP contribution in [0.25, 0.3) is 0 Å². The number of amides is 2. The number of allylic oxidation sites excluding steroid dienone is 1. The lowest BCUT2D eigenvalue weighted by atomic mass is 9.55. The van der Waals surface area contributed by atoms with Crippen LogP contribution in [0.1, 0.15) is 70.3 Å². The van der Waals surface area contributed by atoms with E-state index in [1.165, 1.54) is 29.2 Å². The minimum atomic E-state index is -1.51. The van der Waals surface area contributed by atoms with E-state index in [1.54, 1.807) is 32.2 Å². The van der Waals surface area contributed by atoms with Gasteiger partial charge in [-0.1, -0.05) is 30.1 Å². The fourth-order valence-electron chi connectivity index (χ4n) is 8.16. The number of benzene rings is 2. The number of nitro groups is 1. The van der Waals surface area contributed by atoms with Crippen LogP contribution in [0.3, 0.4) is 0 Å². The second-order valence-corrected chi connectivity index (χ2v) is 13.8. The largest absolute Gasteiger partial charge is 0.459 e. The summed E-state index contributed by atoms with van der Waals surface area (Å²) in [6.07, 6.45) is 6.91. The van der Waals surface area contributed by atoms with Gasteiger partial charge in [-0.05, 0) is 87.3 Å². The predicted octanol–water partition coefficient (Wildman–Crippen LogP) is 6.49.